The van der Waals surface area contributed by atoms with Gasteiger partial charge in [-0.15, -0.1) is 0 Å². The van der Waals surface area contributed by atoms with Crippen molar-refractivity contribution >= 4 is 33.2 Å². The third-order valence-corrected chi connectivity index (χ3v) is 3.89. The SMILES string of the molecule is CS(=O)(=O)NC(=O)c1cc(Oc2ccc(C(F)(F)F)cc2Cl)ccc1N. The third kappa shape index (κ3) is 5.02. The van der Waals surface area contributed by atoms with Crippen LogP contribution in [0.15, 0.2) is 36.4 Å². The number of halogens is 4. The summed E-state index contributed by atoms with van der Waals surface area (Å²) in [5, 5.41) is -0.293. The molecule has 26 heavy (non-hydrogen) atoms. The molecule has 0 atom stereocenters. The van der Waals surface area contributed by atoms with E-state index in [-0.39, 0.29) is 27.8 Å². The minimum Gasteiger partial charge on any atom is -0.456 e. The van der Waals surface area contributed by atoms with Gasteiger partial charge in [0.25, 0.3) is 5.91 Å². The van der Waals surface area contributed by atoms with Crippen LogP contribution >= 0.6 is 11.6 Å². The van der Waals surface area contributed by atoms with Crippen LogP contribution in [-0.4, -0.2) is 20.6 Å². The van der Waals surface area contributed by atoms with E-state index in [1.807, 2.05) is 0 Å². The van der Waals surface area contributed by atoms with E-state index in [0.717, 1.165) is 24.5 Å². The Labute approximate surface area is 151 Å². The van der Waals surface area contributed by atoms with Crippen molar-refractivity contribution in [1.82, 2.24) is 4.72 Å². The molecular formula is C15H12ClF3N2O4S. The maximum atomic E-state index is 12.6. The highest BCUT2D eigenvalue weighted by molar-refractivity contribution is 7.89. The van der Waals surface area contributed by atoms with Crippen molar-refractivity contribution in [2.45, 2.75) is 6.18 Å². The first-order valence-electron chi connectivity index (χ1n) is 6.83. The number of ether oxygens (including phenoxy) is 1. The van der Waals surface area contributed by atoms with Crippen molar-refractivity contribution in [3.8, 4) is 11.5 Å². The summed E-state index contributed by atoms with van der Waals surface area (Å²) in [6.45, 7) is 0. The lowest BCUT2D eigenvalue weighted by Crippen LogP contribution is -2.29. The predicted octanol–water partition coefficient (Wildman–Crippen LogP) is 3.42. The molecule has 0 unspecified atom stereocenters. The topological polar surface area (TPSA) is 98.5 Å². The third-order valence-electron chi connectivity index (χ3n) is 3.03. The molecule has 140 valence electrons. The van der Waals surface area contributed by atoms with Gasteiger partial charge >= 0.3 is 6.18 Å². The fraction of sp³-hybridized carbons (Fsp3) is 0.133. The second-order valence-corrected chi connectivity index (χ2v) is 7.35. The molecule has 2 rings (SSSR count). The van der Waals surface area contributed by atoms with E-state index in [1.54, 1.807) is 4.72 Å². The number of nitrogens with one attached hydrogen (secondary N) is 1. The Balaban J connectivity index is 2.31. The minimum atomic E-state index is -4.56. The van der Waals surface area contributed by atoms with Gasteiger partial charge in [0.1, 0.15) is 11.5 Å². The molecule has 0 saturated carbocycles. The lowest BCUT2D eigenvalue weighted by Gasteiger charge is -2.12. The molecule has 0 bridgehead atoms. The Morgan fingerprint density at radius 2 is 1.85 bits per heavy atom. The smallest absolute Gasteiger partial charge is 0.416 e. The van der Waals surface area contributed by atoms with Crippen LogP contribution in [0.2, 0.25) is 5.02 Å². The van der Waals surface area contributed by atoms with E-state index in [9.17, 15) is 26.4 Å². The summed E-state index contributed by atoms with van der Waals surface area (Å²) >= 11 is 5.80. The van der Waals surface area contributed by atoms with Crippen molar-refractivity contribution in [2.24, 2.45) is 0 Å². The second kappa shape index (κ2) is 7.04. The zero-order valence-corrected chi connectivity index (χ0v) is 14.7. The maximum Gasteiger partial charge on any atom is 0.416 e. The van der Waals surface area contributed by atoms with Crippen LogP contribution in [-0.2, 0) is 16.2 Å². The molecule has 0 saturated heterocycles. The number of hydrogen-bond donors (Lipinski definition) is 2. The van der Waals surface area contributed by atoms with E-state index in [4.69, 9.17) is 22.1 Å². The fourth-order valence-electron chi connectivity index (χ4n) is 1.91. The van der Waals surface area contributed by atoms with Gasteiger partial charge < -0.3 is 10.5 Å². The van der Waals surface area contributed by atoms with Crippen LogP contribution in [0, 0.1) is 0 Å². The molecule has 6 nitrogen and oxygen atoms in total. The van der Waals surface area contributed by atoms with Gasteiger partial charge in [0, 0.05) is 5.69 Å². The van der Waals surface area contributed by atoms with E-state index in [1.165, 1.54) is 12.1 Å². The van der Waals surface area contributed by atoms with Gasteiger partial charge in [0.2, 0.25) is 10.0 Å². The molecule has 0 aliphatic rings. The van der Waals surface area contributed by atoms with E-state index in [2.05, 4.69) is 0 Å². The zero-order chi connectivity index (χ0) is 19.7. The zero-order valence-electron chi connectivity index (χ0n) is 13.1. The molecule has 11 heteroatoms. The van der Waals surface area contributed by atoms with Gasteiger partial charge in [-0.2, -0.15) is 13.2 Å². The first kappa shape index (κ1) is 19.9. The van der Waals surface area contributed by atoms with Crippen molar-refractivity contribution in [3.63, 3.8) is 0 Å². The Morgan fingerprint density at radius 1 is 1.19 bits per heavy atom. The van der Waals surface area contributed by atoms with Gasteiger partial charge in [-0.25, -0.2) is 13.1 Å². The molecule has 0 aromatic heterocycles. The normalized spacial score (nSPS) is 11.9. The summed E-state index contributed by atoms with van der Waals surface area (Å²) < 4.78 is 67.3. The van der Waals surface area contributed by atoms with Crippen LogP contribution in [0.25, 0.3) is 0 Å². The van der Waals surface area contributed by atoms with Crippen molar-refractivity contribution in [3.05, 3.63) is 52.5 Å². The minimum absolute atomic E-state index is 0.0167. The molecule has 0 radical (unpaired) electrons. The molecule has 2 aromatic rings. The Kier molecular flexibility index (Phi) is 5.38. The molecular weight excluding hydrogens is 397 g/mol. The molecule has 0 aliphatic heterocycles. The van der Waals surface area contributed by atoms with Crippen LogP contribution in [0.5, 0.6) is 11.5 Å². The lowest BCUT2D eigenvalue weighted by atomic mass is 10.1. The van der Waals surface area contributed by atoms with Crippen LogP contribution in [0.4, 0.5) is 18.9 Å². The van der Waals surface area contributed by atoms with Crippen molar-refractivity contribution < 1.29 is 31.1 Å². The summed E-state index contributed by atoms with van der Waals surface area (Å²) in [5.41, 5.74) is 4.49. The highest BCUT2D eigenvalue weighted by Crippen LogP contribution is 2.36. The molecule has 0 fully saturated rings. The number of alkyl halides is 3. The van der Waals surface area contributed by atoms with E-state index >= 15 is 0 Å². The average molecular weight is 409 g/mol. The number of nitrogens with two attached hydrogens (primary N) is 1. The van der Waals surface area contributed by atoms with Gasteiger partial charge in [0.15, 0.2) is 0 Å². The summed E-state index contributed by atoms with van der Waals surface area (Å²) in [6.07, 6.45) is -3.76. The van der Waals surface area contributed by atoms with Gasteiger partial charge in [-0.1, -0.05) is 11.6 Å². The fourth-order valence-corrected chi connectivity index (χ4v) is 2.57. The molecule has 0 aliphatic carbocycles. The number of carbonyl (C=O) groups excluding carboxylic acids is 1. The number of benzene rings is 2. The van der Waals surface area contributed by atoms with Crippen molar-refractivity contribution in [1.29, 1.82) is 0 Å². The highest BCUT2D eigenvalue weighted by Gasteiger charge is 2.31. The molecule has 0 spiro atoms. The Hall–Kier alpha value is -2.46. The molecule has 3 N–H and O–H groups in total. The average Bonchev–Trinajstić information content (AvgIpc) is 2.48. The Bertz CT molecular complexity index is 962. The first-order valence-corrected chi connectivity index (χ1v) is 9.10. The quantitative estimate of drug-likeness (QED) is 0.755. The summed E-state index contributed by atoms with van der Waals surface area (Å²) in [7, 11) is -3.81. The van der Waals surface area contributed by atoms with Gasteiger partial charge in [0.05, 0.1) is 22.4 Å². The van der Waals surface area contributed by atoms with E-state index < -0.39 is 27.7 Å². The summed E-state index contributed by atoms with van der Waals surface area (Å²) in [4.78, 5) is 11.9. The number of carbonyl (C=O) groups is 1. The summed E-state index contributed by atoms with van der Waals surface area (Å²) in [5.74, 6) is -1.03. The highest BCUT2D eigenvalue weighted by atomic mass is 35.5. The van der Waals surface area contributed by atoms with Crippen LogP contribution < -0.4 is 15.2 Å². The van der Waals surface area contributed by atoms with Crippen LogP contribution in [0.1, 0.15) is 15.9 Å². The molecule has 1 amide bonds. The first-order chi connectivity index (χ1) is 11.9. The number of amides is 1. The lowest BCUT2D eigenvalue weighted by molar-refractivity contribution is -0.137. The number of nitrogen functional groups attached to an aromatic ring is 1. The van der Waals surface area contributed by atoms with Crippen molar-refractivity contribution in [2.75, 3.05) is 12.0 Å². The van der Waals surface area contributed by atoms with Gasteiger partial charge in [-0.05, 0) is 36.4 Å². The second-order valence-electron chi connectivity index (χ2n) is 5.20. The standard InChI is InChI=1S/C15H12ClF3N2O4S/c1-26(23,24)21-14(22)10-7-9(3-4-12(10)20)25-13-5-2-8(6-11(13)16)15(17,18)19/h2-7H,20H2,1H3,(H,21,22). The maximum absolute atomic E-state index is 12.6. The monoisotopic (exact) mass is 408 g/mol. The largest absolute Gasteiger partial charge is 0.456 e. The number of hydrogen-bond acceptors (Lipinski definition) is 5. The number of anilines is 1. The predicted molar refractivity (Wildman–Crippen MR) is 89.7 cm³/mol. The van der Waals surface area contributed by atoms with Gasteiger partial charge in [-0.3, -0.25) is 4.79 Å². The Morgan fingerprint density at radius 3 is 2.38 bits per heavy atom. The molecule has 0 heterocycles. The number of sulfonamides is 1. The van der Waals surface area contributed by atoms with E-state index in [0.29, 0.717) is 6.07 Å². The van der Waals surface area contributed by atoms with Crippen LogP contribution in [0.3, 0.4) is 0 Å². The summed E-state index contributed by atoms with van der Waals surface area (Å²) in [6, 6.07) is 6.29. The number of rotatable bonds is 4. The molecule has 2 aromatic carbocycles.